The van der Waals surface area contributed by atoms with E-state index in [-0.39, 0.29) is 22.5 Å². The Hall–Kier alpha value is -3.31. The van der Waals surface area contributed by atoms with Crippen molar-refractivity contribution in [3.05, 3.63) is 52.2 Å². The molecule has 5 rings (SSSR count). The lowest BCUT2D eigenvalue weighted by atomic mass is 9.89. The van der Waals surface area contributed by atoms with E-state index in [9.17, 15) is 50.8 Å². The first-order valence-corrected chi connectivity index (χ1v) is 12.7. The molecule has 2 fully saturated rings. The van der Waals surface area contributed by atoms with Gasteiger partial charge >= 0.3 is 0 Å². The molecule has 2 aliphatic rings. The number of aliphatic hydroxyl groups is 7. The summed E-state index contributed by atoms with van der Waals surface area (Å²) in [6.45, 7) is 0.615. The molecular weight excluding hydrogens is 548 g/mol. The van der Waals surface area contributed by atoms with Gasteiger partial charge in [0.25, 0.3) is 0 Å². The Kier molecular flexibility index (Phi) is 7.95. The number of phenols is 2. The zero-order valence-corrected chi connectivity index (χ0v) is 21.5. The average molecular weight is 579 g/mol. The van der Waals surface area contributed by atoms with Crippen molar-refractivity contribution >= 4 is 11.0 Å². The Bertz CT molecular complexity index is 1450. The number of aromatic hydroxyl groups is 2. The maximum Gasteiger partial charge on any atom is 0.229 e. The van der Waals surface area contributed by atoms with E-state index in [1.165, 1.54) is 31.2 Å². The highest BCUT2D eigenvalue weighted by Crippen LogP contribution is 2.46. The number of fused-ring (bicyclic) bond motifs is 1. The molecule has 14 nitrogen and oxygen atoms in total. The minimum absolute atomic E-state index is 0.0260. The van der Waals surface area contributed by atoms with Crippen molar-refractivity contribution in [2.75, 3.05) is 6.61 Å². The van der Waals surface area contributed by atoms with Gasteiger partial charge in [-0.2, -0.15) is 0 Å². The second-order valence-corrected chi connectivity index (χ2v) is 10.1. The summed E-state index contributed by atoms with van der Waals surface area (Å²) in [6, 6.07) is 7.84. The van der Waals surface area contributed by atoms with Crippen molar-refractivity contribution in [1.29, 1.82) is 0 Å². The summed E-state index contributed by atoms with van der Waals surface area (Å²) in [5, 5.41) is 92.5. The van der Waals surface area contributed by atoms with Crippen molar-refractivity contribution < 1.29 is 64.6 Å². The van der Waals surface area contributed by atoms with Crippen LogP contribution in [0.1, 0.15) is 18.6 Å². The van der Waals surface area contributed by atoms with Gasteiger partial charge in [0.2, 0.25) is 6.29 Å². The van der Waals surface area contributed by atoms with Crippen molar-refractivity contribution in [3.8, 4) is 28.6 Å². The number of phenolic OH excluding ortho intramolecular Hbond substituents is 2. The number of aliphatic hydroxyl groups excluding tert-OH is 7. The largest absolute Gasteiger partial charge is 0.508 e. The highest BCUT2D eigenvalue weighted by molar-refractivity contribution is 5.88. The number of hydrogen-bond acceptors (Lipinski definition) is 14. The van der Waals surface area contributed by atoms with E-state index in [4.69, 9.17) is 18.6 Å². The van der Waals surface area contributed by atoms with Gasteiger partial charge in [0.15, 0.2) is 5.43 Å². The van der Waals surface area contributed by atoms with Gasteiger partial charge in [-0.15, -0.1) is 0 Å². The second kappa shape index (κ2) is 11.2. The Morgan fingerprint density at radius 1 is 0.829 bits per heavy atom. The normalized spacial score (nSPS) is 34.0. The van der Waals surface area contributed by atoms with Crippen LogP contribution in [0.25, 0.3) is 22.3 Å². The minimum Gasteiger partial charge on any atom is -0.508 e. The fourth-order valence-electron chi connectivity index (χ4n) is 5.02. The van der Waals surface area contributed by atoms with Gasteiger partial charge in [-0.3, -0.25) is 4.79 Å². The average Bonchev–Trinajstić information content (AvgIpc) is 2.94. The van der Waals surface area contributed by atoms with Crippen LogP contribution in [0.15, 0.2) is 45.6 Å². The summed E-state index contributed by atoms with van der Waals surface area (Å²) >= 11 is 0. The second-order valence-electron chi connectivity index (χ2n) is 10.1. The maximum absolute atomic E-state index is 13.5. The molecule has 3 heterocycles. The van der Waals surface area contributed by atoms with Crippen molar-refractivity contribution in [2.24, 2.45) is 0 Å². The Balaban J connectivity index is 1.71. The van der Waals surface area contributed by atoms with Gasteiger partial charge in [0.1, 0.15) is 82.8 Å². The fourth-order valence-corrected chi connectivity index (χ4v) is 5.02. The van der Waals surface area contributed by atoms with Crippen LogP contribution in [0.4, 0.5) is 0 Å². The molecule has 0 bridgehead atoms. The highest BCUT2D eigenvalue weighted by Gasteiger charge is 2.48. The maximum atomic E-state index is 13.5. The van der Waals surface area contributed by atoms with E-state index in [0.717, 1.165) is 12.1 Å². The van der Waals surface area contributed by atoms with Crippen LogP contribution >= 0.6 is 0 Å². The molecule has 0 saturated carbocycles. The summed E-state index contributed by atoms with van der Waals surface area (Å²) in [6.07, 6.45) is -16.3. The van der Waals surface area contributed by atoms with Gasteiger partial charge in [-0.25, -0.2) is 0 Å². The van der Waals surface area contributed by atoms with Crippen molar-refractivity contribution in [1.82, 2.24) is 0 Å². The number of hydrogen-bond donors (Lipinski definition) is 9. The first-order valence-electron chi connectivity index (χ1n) is 12.7. The molecule has 2 aliphatic heterocycles. The Morgan fingerprint density at radius 2 is 1.49 bits per heavy atom. The topological polar surface area (TPSA) is 240 Å². The minimum atomic E-state index is -1.90. The zero-order valence-electron chi connectivity index (χ0n) is 21.5. The lowest BCUT2D eigenvalue weighted by molar-refractivity contribution is -0.268. The molecule has 10 unspecified atom stereocenters. The quantitative estimate of drug-likeness (QED) is 0.169. The van der Waals surface area contributed by atoms with Gasteiger partial charge in [0, 0.05) is 17.7 Å². The van der Waals surface area contributed by atoms with Gasteiger partial charge in [0.05, 0.1) is 18.3 Å². The summed E-state index contributed by atoms with van der Waals surface area (Å²) in [5.41, 5.74) is -0.962. The lowest BCUT2D eigenvalue weighted by Gasteiger charge is -2.42. The fraction of sp³-hybridized carbons (Fsp3) is 0.444. The zero-order chi connectivity index (χ0) is 29.7. The predicted molar refractivity (Wildman–Crippen MR) is 137 cm³/mol. The van der Waals surface area contributed by atoms with E-state index in [1.807, 2.05) is 0 Å². The molecule has 0 spiro atoms. The van der Waals surface area contributed by atoms with E-state index in [1.54, 1.807) is 0 Å². The SMILES string of the molecule is CC1OC(Oc2c(C3OC(CO)C(O)C(O)C3O)c(O)cc3oc(-c4ccc(O)cc4)cc(=O)c23)C(O)C(O)C1O. The summed E-state index contributed by atoms with van der Waals surface area (Å²) in [7, 11) is 0. The molecule has 0 aliphatic carbocycles. The molecule has 3 aromatic rings. The van der Waals surface area contributed by atoms with E-state index >= 15 is 0 Å². The molecule has 41 heavy (non-hydrogen) atoms. The summed E-state index contributed by atoms with van der Waals surface area (Å²) in [4.78, 5) is 13.5. The van der Waals surface area contributed by atoms with Gasteiger partial charge < -0.3 is 64.6 Å². The highest BCUT2D eigenvalue weighted by atomic mass is 16.7. The molecule has 10 atom stereocenters. The molecule has 14 heteroatoms. The van der Waals surface area contributed by atoms with E-state index in [2.05, 4.69) is 0 Å². The van der Waals surface area contributed by atoms with Crippen molar-refractivity contribution in [3.63, 3.8) is 0 Å². The van der Waals surface area contributed by atoms with Gasteiger partial charge in [-0.1, -0.05) is 0 Å². The third kappa shape index (κ3) is 5.14. The monoisotopic (exact) mass is 578 g/mol. The Labute approximate surface area is 231 Å². The number of ether oxygens (including phenoxy) is 3. The lowest BCUT2D eigenvalue weighted by Crippen LogP contribution is -2.58. The molecule has 0 radical (unpaired) electrons. The molecule has 1 aromatic heterocycles. The first kappa shape index (κ1) is 29.2. The molecule has 2 saturated heterocycles. The standard InChI is InChI=1S/C27H30O14/c1-9-19(32)21(34)24(37)27(38-9)41-25-17-12(30)6-14(10-2-4-11(29)5-3-10)39-15(17)7-13(31)18(25)26-23(36)22(35)20(33)16(8-28)40-26/h2-7,9,16,19-24,26-29,31-37H,8H2,1H3. The summed E-state index contributed by atoms with van der Waals surface area (Å²) < 4.78 is 22.9. The van der Waals surface area contributed by atoms with Gasteiger partial charge in [-0.05, 0) is 31.2 Å². The predicted octanol–water partition coefficient (Wildman–Crippen LogP) is -1.41. The third-order valence-electron chi connectivity index (χ3n) is 7.36. The molecule has 222 valence electrons. The van der Waals surface area contributed by atoms with Crippen LogP contribution in [0.5, 0.6) is 17.2 Å². The van der Waals surface area contributed by atoms with E-state index < -0.39 is 90.3 Å². The molecular formula is C27H30O14. The van der Waals surface area contributed by atoms with Crippen LogP contribution < -0.4 is 10.2 Å². The Morgan fingerprint density at radius 3 is 2.15 bits per heavy atom. The molecule has 9 N–H and O–H groups in total. The number of rotatable bonds is 5. The first-order chi connectivity index (χ1) is 19.4. The molecule has 2 aromatic carbocycles. The van der Waals surface area contributed by atoms with Crippen molar-refractivity contribution in [2.45, 2.75) is 68.1 Å². The summed E-state index contributed by atoms with van der Waals surface area (Å²) in [5.74, 6) is -1.16. The van der Waals surface area contributed by atoms with E-state index in [0.29, 0.717) is 5.56 Å². The molecule has 0 amide bonds. The number of benzene rings is 2. The van der Waals surface area contributed by atoms with Crippen LogP contribution in [0, 0.1) is 0 Å². The van der Waals surface area contributed by atoms with Crippen LogP contribution in [-0.2, 0) is 9.47 Å². The van der Waals surface area contributed by atoms with Crippen LogP contribution in [-0.4, -0.2) is 108 Å². The third-order valence-corrected chi connectivity index (χ3v) is 7.36. The van der Waals surface area contributed by atoms with Crippen LogP contribution in [0.2, 0.25) is 0 Å². The smallest absolute Gasteiger partial charge is 0.229 e. The van der Waals surface area contributed by atoms with Crippen LogP contribution in [0.3, 0.4) is 0 Å².